The lowest BCUT2D eigenvalue weighted by atomic mass is 9.92. The van der Waals surface area contributed by atoms with Crippen molar-refractivity contribution in [3.63, 3.8) is 0 Å². The van der Waals surface area contributed by atoms with Gasteiger partial charge in [-0.2, -0.15) is 0 Å². The molecule has 0 fully saturated rings. The predicted octanol–water partition coefficient (Wildman–Crippen LogP) is 4.98. The first-order valence-electron chi connectivity index (χ1n) is 9.23. The van der Waals surface area contributed by atoms with Crippen molar-refractivity contribution in [1.82, 2.24) is 0 Å². The highest BCUT2D eigenvalue weighted by atomic mass is 16.5. The van der Waals surface area contributed by atoms with Gasteiger partial charge in [0, 0.05) is 5.69 Å². The van der Waals surface area contributed by atoms with Gasteiger partial charge in [-0.05, 0) is 86.4 Å². The van der Waals surface area contributed by atoms with Crippen LogP contribution in [-0.4, -0.2) is 12.0 Å². The van der Waals surface area contributed by atoms with Gasteiger partial charge in [0.1, 0.15) is 5.75 Å². The summed E-state index contributed by atoms with van der Waals surface area (Å²) in [6, 6.07) is 12.3. The van der Waals surface area contributed by atoms with Crippen LogP contribution in [-0.2, 0) is 17.6 Å². The molecule has 2 aromatic rings. The number of ether oxygens (including phenoxy) is 1. The van der Waals surface area contributed by atoms with Crippen LogP contribution < -0.4 is 10.1 Å². The van der Waals surface area contributed by atoms with Crippen LogP contribution in [0.1, 0.15) is 48.4 Å². The maximum atomic E-state index is 12.7. The smallest absolute Gasteiger partial charge is 0.265 e. The number of carbonyl (C=O) groups excluding carboxylic acids is 1. The molecule has 0 aliphatic heterocycles. The van der Waals surface area contributed by atoms with Gasteiger partial charge in [-0.1, -0.05) is 25.1 Å². The van der Waals surface area contributed by atoms with Crippen LogP contribution in [0.4, 0.5) is 5.69 Å². The topological polar surface area (TPSA) is 38.3 Å². The van der Waals surface area contributed by atoms with E-state index in [9.17, 15) is 4.79 Å². The molecule has 132 valence electrons. The van der Waals surface area contributed by atoms with Gasteiger partial charge in [0.2, 0.25) is 0 Å². The summed E-state index contributed by atoms with van der Waals surface area (Å²) in [6.07, 6.45) is 4.91. The van der Waals surface area contributed by atoms with Crippen molar-refractivity contribution in [2.75, 3.05) is 5.32 Å². The van der Waals surface area contributed by atoms with Crippen LogP contribution in [0.25, 0.3) is 0 Å². The van der Waals surface area contributed by atoms with Crippen LogP contribution >= 0.6 is 0 Å². The largest absolute Gasteiger partial charge is 0.481 e. The number of benzene rings is 2. The molecule has 1 aliphatic rings. The highest BCUT2D eigenvalue weighted by Gasteiger charge is 2.20. The highest BCUT2D eigenvalue weighted by molar-refractivity contribution is 5.95. The van der Waals surface area contributed by atoms with E-state index in [0.29, 0.717) is 6.42 Å². The summed E-state index contributed by atoms with van der Waals surface area (Å²) in [4.78, 5) is 12.7. The molecule has 0 spiro atoms. The standard InChI is InChI=1S/C22H27NO2/c1-4-21(22(24)23-20-13-15(2)9-10-16(20)3)25-19-12-11-17-7-5-6-8-18(17)14-19/h9-14,21H,4-8H2,1-3H3,(H,23,24). The summed E-state index contributed by atoms with van der Waals surface area (Å²) in [7, 11) is 0. The van der Waals surface area contributed by atoms with E-state index in [1.165, 1.54) is 24.0 Å². The molecule has 1 N–H and O–H groups in total. The average molecular weight is 337 g/mol. The highest BCUT2D eigenvalue weighted by Crippen LogP contribution is 2.26. The third-order valence-electron chi connectivity index (χ3n) is 4.91. The Hall–Kier alpha value is -2.29. The van der Waals surface area contributed by atoms with E-state index in [-0.39, 0.29) is 5.91 Å². The molecule has 0 heterocycles. The molecule has 3 nitrogen and oxygen atoms in total. The van der Waals surface area contributed by atoms with Gasteiger partial charge < -0.3 is 10.1 Å². The minimum Gasteiger partial charge on any atom is -0.481 e. The van der Waals surface area contributed by atoms with Gasteiger partial charge in [0.25, 0.3) is 5.91 Å². The fourth-order valence-corrected chi connectivity index (χ4v) is 3.35. The molecule has 0 aromatic heterocycles. The van der Waals surface area contributed by atoms with E-state index in [4.69, 9.17) is 4.74 Å². The lowest BCUT2D eigenvalue weighted by Crippen LogP contribution is -2.32. The Morgan fingerprint density at radius 1 is 1.08 bits per heavy atom. The summed E-state index contributed by atoms with van der Waals surface area (Å²) in [5.41, 5.74) is 5.84. The number of fused-ring (bicyclic) bond motifs is 1. The summed E-state index contributed by atoms with van der Waals surface area (Å²) >= 11 is 0. The van der Waals surface area contributed by atoms with Gasteiger partial charge >= 0.3 is 0 Å². The fourth-order valence-electron chi connectivity index (χ4n) is 3.35. The second-order valence-electron chi connectivity index (χ2n) is 6.96. The lowest BCUT2D eigenvalue weighted by molar-refractivity contribution is -0.122. The second kappa shape index (κ2) is 7.73. The number of hydrogen-bond donors (Lipinski definition) is 1. The number of anilines is 1. The molecule has 1 atom stereocenters. The Morgan fingerprint density at radius 3 is 2.60 bits per heavy atom. The number of carbonyl (C=O) groups is 1. The second-order valence-corrected chi connectivity index (χ2v) is 6.96. The van der Waals surface area contributed by atoms with Crippen LogP contribution in [0, 0.1) is 13.8 Å². The van der Waals surface area contributed by atoms with Gasteiger partial charge in [0.05, 0.1) is 0 Å². The average Bonchev–Trinajstić information content (AvgIpc) is 2.62. The van der Waals surface area contributed by atoms with Crippen molar-refractivity contribution < 1.29 is 9.53 Å². The van der Waals surface area contributed by atoms with Gasteiger partial charge in [-0.15, -0.1) is 0 Å². The van der Waals surface area contributed by atoms with E-state index in [1.54, 1.807) is 0 Å². The van der Waals surface area contributed by atoms with E-state index in [0.717, 1.165) is 35.4 Å². The first-order chi connectivity index (χ1) is 12.1. The molecule has 0 bridgehead atoms. The van der Waals surface area contributed by atoms with Crippen molar-refractivity contribution in [3.05, 3.63) is 58.7 Å². The number of rotatable bonds is 5. The molecule has 0 radical (unpaired) electrons. The number of nitrogens with one attached hydrogen (secondary N) is 1. The van der Waals surface area contributed by atoms with Gasteiger partial charge in [-0.25, -0.2) is 0 Å². The zero-order chi connectivity index (χ0) is 17.8. The van der Waals surface area contributed by atoms with Crippen molar-refractivity contribution in [2.45, 2.75) is 59.0 Å². The number of hydrogen-bond acceptors (Lipinski definition) is 2. The van der Waals surface area contributed by atoms with E-state index in [1.807, 2.05) is 45.0 Å². The van der Waals surface area contributed by atoms with Crippen LogP contribution in [0.2, 0.25) is 0 Å². The van der Waals surface area contributed by atoms with E-state index < -0.39 is 6.10 Å². The Bertz CT molecular complexity index is 767. The third kappa shape index (κ3) is 4.22. The number of aryl methyl sites for hydroxylation is 4. The summed E-state index contributed by atoms with van der Waals surface area (Å²) < 4.78 is 6.02. The Labute approximate surface area is 150 Å². The minimum atomic E-state index is -0.485. The molecule has 0 saturated heterocycles. The SMILES string of the molecule is CCC(Oc1ccc2c(c1)CCCC2)C(=O)Nc1cc(C)ccc1C. The molecule has 1 aliphatic carbocycles. The predicted molar refractivity (Wildman–Crippen MR) is 102 cm³/mol. The summed E-state index contributed by atoms with van der Waals surface area (Å²) in [5, 5.41) is 3.02. The monoisotopic (exact) mass is 337 g/mol. The van der Waals surface area contributed by atoms with Gasteiger partial charge in [0.15, 0.2) is 6.10 Å². The van der Waals surface area contributed by atoms with Crippen molar-refractivity contribution in [1.29, 1.82) is 0 Å². The molecule has 3 rings (SSSR count). The zero-order valence-corrected chi connectivity index (χ0v) is 15.4. The fraction of sp³-hybridized carbons (Fsp3) is 0.409. The number of amides is 1. The molecule has 2 aromatic carbocycles. The maximum absolute atomic E-state index is 12.7. The first-order valence-corrected chi connectivity index (χ1v) is 9.23. The Balaban J connectivity index is 1.71. The minimum absolute atomic E-state index is 0.0890. The third-order valence-corrected chi connectivity index (χ3v) is 4.91. The maximum Gasteiger partial charge on any atom is 0.265 e. The van der Waals surface area contributed by atoms with E-state index >= 15 is 0 Å². The molecular weight excluding hydrogens is 310 g/mol. The molecular formula is C22H27NO2. The quantitative estimate of drug-likeness (QED) is 0.836. The molecule has 1 unspecified atom stereocenters. The van der Waals surface area contributed by atoms with E-state index in [2.05, 4.69) is 17.4 Å². The molecule has 3 heteroatoms. The summed E-state index contributed by atoms with van der Waals surface area (Å²) in [6.45, 7) is 6.00. The van der Waals surface area contributed by atoms with Crippen LogP contribution in [0.5, 0.6) is 5.75 Å². The molecule has 0 saturated carbocycles. The van der Waals surface area contributed by atoms with Crippen LogP contribution in [0.15, 0.2) is 36.4 Å². The Kier molecular flexibility index (Phi) is 5.42. The molecule has 1 amide bonds. The summed E-state index contributed by atoms with van der Waals surface area (Å²) in [5.74, 6) is 0.706. The van der Waals surface area contributed by atoms with Crippen molar-refractivity contribution >= 4 is 11.6 Å². The van der Waals surface area contributed by atoms with Gasteiger partial charge in [-0.3, -0.25) is 4.79 Å². The lowest BCUT2D eigenvalue weighted by Gasteiger charge is -2.21. The normalized spacial score (nSPS) is 14.5. The Morgan fingerprint density at radius 2 is 1.84 bits per heavy atom. The first kappa shape index (κ1) is 17.5. The zero-order valence-electron chi connectivity index (χ0n) is 15.4. The molecule has 25 heavy (non-hydrogen) atoms. The van der Waals surface area contributed by atoms with Crippen LogP contribution in [0.3, 0.4) is 0 Å². The van der Waals surface area contributed by atoms with Crippen molar-refractivity contribution in [3.8, 4) is 5.75 Å². The van der Waals surface area contributed by atoms with Crippen molar-refractivity contribution in [2.24, 2.45) is 0 Å².